The number of rotatable bonds is 6. The fraction of sp³-hybridized carbons (Fsp3) is 0.500. The van der Waals surface area contributed by atoms with Gasteiger partial charge >= 0.3 is 0 Å². The molecule has 168 valence electrons. The Morgan fingerprint density at radius 2 is 2.16 bits per heavy atom. The van der Waals surface area contributed by atoms with Crippen molar-refractivity contribution >= 4 is 27.5 Å². The minimum absolute atomic E-state index is 0.0207. The molecule has 1 aromatic carbocycles. The minimum Gasteiger partial charge on any atom is -0.351 e. The first kappa shape index (κ1) is 21.9. The number of nitrogens with one attached hydrogen (secondary N) is 3. The number of primary sulfonamides is 1. The first-order valence-corrected chi connectivity index (χ1v) is 12.0. The smallest absolute Gasteiger partial charge is 0.238 e. The van der Waals surface area contributed by atoms with Crippen LogP contribution in [0.4, 0.5) is 21.8 Å². The van der Waals surface area contributed by atoms with E-state index in [1.165, 1.54) is 12.1 Å². The summed E-state index contributed by atoms with van der Waals surface area (Å²) >= 11 is 0. The third kappa shape index (κ3) is 4.49. The third-order valence-corrected chi connectivity index (χ3v) is 7.09. The Kier molecular flexibility index (Phi) is 6.11. The number of fused-ring (bicyclic) bond motifs is 1. The summed E-state index contributed by atoms with van der Waals surface area (Å²) in [6, 6.07) is 5.05. The van der Waals surface area contributed by atoms with Gasteiger partial charge in [-0.15, -0.1) is 0 Å². The maximum absolute atomic E-state index is 14.8. The largest absolute Gasteiger partial charge is 0.351 e. The molecule has 11 heteroatoms. The van der Waals surface area contributed by atoms with Gasteiger partial charge in [0.15, 0.2) is 11.6 Å². The van der Waals surface area contributed by atoms with Crippen molar-refractivity contribution in [2.75, 3.05) is 23.3 Å². The van der Waals surface area contributed by atoms with Crippen LogP contribution >= 0.6 is 0 Å². The summed E-state index contributed by atoms with van der Waals surface area (Å²) in [5.41, 5.74) is 7.84. The number of benzene rings is 1. The molecule has 2 aliphatic rings. The minimum atomic E-state index is -3.85. The molecule has 2 aromatic rings. The van der Waals surface area contributed by atoms with Crippen LogP contribution in [-0.4, -0.2) is 43.6 Å². The van der Waals surface area contributed by atoms with Crippen molar-refractivity contribution in [1.29, 1.82) is 0 Å². The molecular formula is C20H28FN7O2S. The molecule has 1 saturated heterocycles. The molecule has 1 aliphatic carbocycles. The van der Waals surface area contributed by atoms with Crippen molar-refractivity contribution in [3.05, 3.63) is 35.8 Å². The van der Waals surface area contributed by atoms with Crippen LogP contribution in [0.25, 0.3) is 0 Å². The zero-order valence-corrected chi connectivity index (χ0v) is 18.4. The lowest BCUT2D eigenvalue weighted by atomic mass is 9.81. The fourth-order valence-corrected chi connectivity index (χ4v) is 5.13. The van der Waals surface area contributed by atoms with E-state index in [4.69, 9.17) is 5.14 Å². The number of hydrogen-bond acceptors (Lipinski definition) is 8. The van der Waals surface area contributed by atoms with E-state index in [1.807, 2.05) is 18.7 Å². The quantitative estimate of drug-likeness (QED) is 0.526. The van der Waals surface area contributed by atoms with Crippen LogP contribution in [0.5, 0.6) is 0 Å². The summed E-state index contributed by atoms with van der Waals surface area (Å²) in [5.74, 6) is 0.328. The van der Waals surface area contributed by atoms with Crippen LogP contribution in [0.3, 0.4) is 0 Å². The number of sulfonamides is 1. The molecule has 0 radical (unpaired) electrons. The average molecular weight is 450 g/mol. The third-order valence-electron chi connectivity index (χ3n) is 6.17. The van der Waals surface area contributed by atoms with Gasteiger partial charge in [0.05, 0.1) is 11.1 Å². The van der Waals surface area contributed by atoms with Crippen LogP contribution < -0.4 is 26.2 Å². The summed E-state index contributed by atoms with van der Waals surface area (Å²) in [5, 5.41) is 8.26. The molecule has 1 aliphatic heterocycles. The van der Waals surface area contributed by atoms with Crippen LogP contribution in [0.2, 0.25) is 0 Å². The highest BCUT2D eigenvalue weighted by Gasteiger charge is 2.40. The first-order chi connectivity index (χ1) is 14.8. The molecular weight excluding hydrogens is 421 g/mol. The molecule has 2 heterocycles. The maximum atomic E-state index is 14.8. The van der Waals surface area contributed by atoms with Crippen molar-refractivity contribution in [3.63, 3.8) is 0 Å². The lowest BCUT2D eigenvalue weighted by Crippen LogP contribution is -2.49. The van der Waals surface area contributed by atoms with Gasteiger partial charge in [-0.3, -0.25) is 10.9 Å². The average Bonchev–Trinajstić information content (AvgIpc) is 3.21. The van der Waals surface area contributed by atoms with Gasteiger partial charge in [-0.1, -0.05) is 6.07 Å². The van der Waals surface area contributed by atoms with Gasteiger partial charge in [0.25, 0.3) is 0 Å². The molecule has 0 amide bonds. The molecule has 1 saturated carbocycles. The van der Waals surface area contributed by atoms with E-state index in [0.29, 0.717) is 24.2 Å². The normalized spacial score (nSPS) is 23.4. The Balaban J connectivity index is 1.64. The summed E-state index contributed by atoms with van der Waals surface area (Å²) in [6.45, 7) is 5.26. The Morgan fingerprint density at radius 3 is 2.90 bits per heavy atom. The molecule has 3 atom stereocenters. The van der Waals surface area contributed by atoms with Gasteiger partial charge in [-0.2, -0.15) is 4.98 Å². The Bertz CT molecular complexity index is 1070. The number of anilines is 3. The Morgan fingerprint density at radius 1 is 1.35 bits per heavy atom. The zero-order chi connectivity index (χ0) is 22.2. The summed E-state index contributed by atoms with van der Waals surface area (Å²) in [7, 11) is -3.85. The number of aromatic nitrogens is 2. The van der Waals surface area contributed by atoms with Gasteiger partial charge in [0.2, 0.25) is 16.0 Å². The molecule has 1 aromatic heterocycles. The van der Waals surface area contributed by atoms with Crippen molar-refractivity contribution < 1.29 is 12.8 Å². The van der Waals surface area contributed by atoms with E-state index in [2.05, 4.69) is 26.1 Å². The molecule has 4 rings (SSSR count). The van der Waals surface area contributed by atoms with E-state index in [0.717, 1.165) is 37.6 Å². The monoisotopic (exact) mass is 449 g/mol. The van der Waals surface area contributed by atoms with Gasteiger partial charge in [0.1, 0.15) is 0 Å². The van der Waals surface area contributed by atoms with Crippen LogP contribution in [0.1, 0.15) is 31.7 Å². The van der Waals surface area contributed by atoms with Gasteiger partial charge in [0, 0.05) is 36.8 Å². The maximum Gasteiger partial charge on any atom is 0.238 e. The van der Waals surface area contributed by atoms with E-state index < -0.39 is 15.8 Å². The molecule has 2 fully saturated rings. The van der Waals surface area contributed by atoms with Gasteiger partial charge in [-0.25, -0.2) is 22.9 Å². The Hall–Kier alpha value is -2.34. The van der Waals surface area contributed by atoms with Crippen molar-refractivity contribution in [3.8, 4) is 0 Å². The standard InChI is InChI=1S/C20H28FN7O2S/c1-3-28(18-6-4-5-16-14(18)10-24-27-16)19-15(21)11-23-20(26-19)25-17-9-13(31(22,29)30)8-7-12(17)2/h7-9,11,14,16,18,24,27H,3-6,10H2,1-2H3,(H2,22,29,30)(H,23,25,26). The predicted octanol–water partition coefficient (Wildman–Crippen LogP) is 1.79. The molecule has 5 N–H and O–H groups in total. The van der Waals surface area contributed by atoms with E-state index >= 15 is 0 Å². The number of hydrogen-bond donors (Lipinski definition) is 4. The number of halogens is 1. The van der Waals surface area contributed by atoms with Crippen LogP contribution in [0, 0.1) is 18.7 Å². The summed E-state index contributed by atoms with van der Waals surface area (Å²) < 4.78 is 38.2. The number of nitrogens with zero attached hydrogens (tertiary/aromatic N) is 3. The van der Waals surface area contributed by atoms with Gasteiger partial charge in [-0.05, 0) is 50.8 Å². The number of nitrogens with two attached hydrogens (primary N) is 1. The lowest BCUT2D eigenvalue weighted by molar-refractivity contribution is 0.278. The second-order valence-corrected chi connectivity index (χ2v) is 9.65. The fourth-order valence-electron chi connectivity index (χ4n) is 4.59. The van der Waals surface area contributed by atoms with Crippen LogP contribution in [-0.2, 0) is 10.0 Å². The predicted molar refractivity (Wildman–Crippen MR) is 117 cm³/mol. The Labute approximate surface area is 181 Å². The molecule has 9 nitrogen and oxygen atoms in total. The highest BCUT2D eigenvalue weighted by Crippen LogP contribution is 2.34. The van der Waals surface area contributed by atoms with Crippen LogP contribution in [0.15, 0.2) is 29.3 Å². The van der Waals surface area contributed by atoms with Gasteiger partial charge < -0.3 is 10.2 Å². The molecule has 0 spiro atoms. The number of hydrazine groups is 1. The highest BCUT2D eigenvalue weighted by molar-refractivity contribution is 7.89. The molecule has 31 heavy (non-hydrogen) atoms. The van der Waals surface area contributed by atoms with Crippen molar-refractivity contribution in [2.24, 2.45) is 11.1 Å². The second kappa shape index (κ2) is 8.65. The zero-order valence-electron chi connectivity index (χ0n) is 17.6. The lowest BCUT2D eigenvalue weighted by Gasteiger charge is -2.41. The topological polar surface area (TPSA) is 125 Å². The molecule has 0 bridgehead atoms. The highest BCUT2D eigenvalue weighted by atomic mass is 32.2. The van der Waals surface area contributed by atoms with E-state index in [1.54, 1.807) is 6.07 Å². The first-order valence-electron chi connectivity index (χ1n) is 10.5. The van der Waals surface area contributed by atoms with Crippen molar-refractivity contribution in [2.45, 2.75) is 50.1 Å². The van der Waals surface area contributed by atoms with Crippen molar-refractivity contribution in [1.82, 2.24) is 20.8 Å². The SMILES string of the molecule is CCN(c1nc(Nc2cc(S(N)(=O)=O)ccc2C)ncc1F)C1CCCC2NNCC21. The number of aryl methyl sites for hydroxylation is 1. The van der Waals surface area contributed by atoms with E-state index in [-0.39, 0.29) is 22.7 Å². The second-order valence-electron chi connectivity index (χ2n) is 8.09. The molecule has 3 unspecified atom stereocenters. The summed E-state index contributed by atoms with van der Waals surface area (Å²) in [4.78, 5) is 10.5. The summed E-state index contributed by atoms with van der Waals surface area (Å²) in [6.07, 6.45) is 4.29. The van der Waals surface area contributed by atoms with E-state index in [9.17, 15) is 12.8 Å².